The monoisotopic (exact) mass is 610 g/mol. The van der Waals surface area contributed by atoms with E-state index >= 15 is 0 Å². The van der Waals surface area contributed by atoms with Crippen LogP contribution in [0.5, 0.6) is 5.75 Å². The van der Waals surface area contributed by atoms with Crippen LogP contribution < -0.4 is 14.9 Å². The zero-order valence-corrected chi connectivity index (χ0v) is 22.1. The van der Waals surface area contributed by atoms with Crippen LogP contribution in [0.1, 0.15) is 34.7 Å². The summed E-state index contributed by atoms with van der Waals surface area (Å²) in [7, 11) is 0. The number of allylic oxidation sites excluding steroid dienone is 1. The van der Waals surface area contributed by atoms with Crippen molar-refractivity contribution < 1.29 is 9.50 Å². The zero-order chi connectivity index (χ0) is 24.3. The Morgan fingerprint density at radius 2 is 1.86 bits per heavy atom. The molecule has 174 valence electrons. The van der Waals surface area contributed by atoms with E-state index in [9.17, 15) is 14.3 Å². The Morgan fingerprint density at radius 3 is 2.66 bits per heavy atom. The molecule has 0 spiro atoms. The first-order valence-electron chi connectivity index (χ1n) is 11.0. The second-order valence-electron chi connectivity index (χ2n) is 8.49. The third kappa shape index (κ3) is 3.84. The number of fused-ring (bicyclic) bond motifs is 3. The number of benzene rings is 3. The maximum Gasteiger partial charge on any atom is 0.271 e. The number of aryl methyl sites for hydroxylation is 1. The van der Waals surface area contributed by atoms with Crippen LogP contribution in [0.4, 0.5) is 4.39 Å². The number of aromatic hydroxyl groups is 1. The van der Waals surface area contributed by atoms with E-state index in [2.05, 4.69) is 44.0 Å². The van der Waals surface area contributed by atoms with Crippen molar-refractivity contribution in [1.82, 2.24) is 4.57 Å². The summed E-state index contributed by atoms with van der Waals surface area (Å²) < 4.78 is 17.3. The van der Waals surface area contributed by atoms with Crippen molar-refractivity contribution in [2.75, 3.05) is 0 Å². The van der Waals surface area contributed by atoms with Gasteiger partial charge in [0, 0.05) is 15.6 Å². The normalized spacial score (nSPS) is 17.0. The lowest BCUT2D eigenvalue weighted by Crippen LogP contribution is -2.38. The van der Waals surface area contributed by atoms with Gasteiger partial charge in [-0.15, -0.1) is 0 Å². The lowest BCUT2D eigenvalue weighted by molar-refractivity contribution is 0.470. The molecule has 3 aromatic carbocycles. The summed E-state index contributed by atoms with van der Waals surface area (Å²) in [6.45, 7) is 0. The predicted octanol–water partition coefficient (Wildman–Crippen LogP) is 5.69. The Hall–Kier alpha value is -2.81. The highest BCUT2D eigenvalue weighted by atomic mass is 79.9. The Labute approximate surface area is 220 Å². The van der Waals surface area contributed by atoms with E-state index in [1.54, 1.807) is 34.9 Å². The molecule has 4 aromatic rings. The van der Waals surface area contributed by atoms with Gasteiger partial charge in [0.2, 0.25) is 0 Å². The molecular weight excluding hydrogens is 595 g/mol. The average molecular weight is 612 g/mol. The number of rotatable bonds is 2. The molecule has 1 atom stereocenters. The van der Waals surface area contributed by atoms with Gasteiger partial charge >= 0.3 is 0 Å². The lowest BCUT2D eigenvalue weighted by atomic mass is 9.83. The molecule has 35 heavy (non-hydrogen) atoms. The molecule has 4 nitrogen and oxygen atoms in total. The lowest BCUT2D eigenvalue weighted by Gasteiger charge is -2.30. The fourth-order valence-electron chi connectivity index (χ4n) is 4.80. The molecule has 1 aliphatic heterocycles. The van der Waals surface area contributed by atoms with Crippen LogP contribution in [0.3, 0.4) is 0 Å². The maximum absolute atomic E-state index is 13.8. The Bertz CT molecular complexity index is 1720. The van der Waals surface area contributed by atoms with Gasteiger partial charge in [-0.05, 0) is 75.8 Å². The molecule has 1 aromatic heterocycles. The van der Waals surface area contributed by atoms with E-state index in [-0.39, 0.29) is 23.2 Å². The van der Waals surface area contributed by atoms with Gasteiger partial charge in [0.05, 0.1) is 20.7 Å². The van der Waals surface area contributed by atoms with Crippen LogP contribution in [-0.2, 0) is 6.42 Å². The molecule has 0 bridgehead atoms. The number of hydrogen-bond donors (Lipinski definition) is 1. The summed E-state index contributed by atoms with van der Waals surface area (Å²) in [5, 5.41) is 10.5. The van der Waals surface area contributed by atoms with Gasteiger partial charge in [0.25, 0.3) is 5.56 Å². The summed E-state index contributed by atoms with van der Waals surface area (Å²) in [6, 6.07) is 17.7. The zero-order valence-electron chi connectivity index (χ0n) is 18.1. The van der Waals surface area contributed by atoms with Crippen molar-refractivity contribution in [2.24, 2.45) is 4.99 Å². The van der Waals surface area contributed by atoms with E-state index in [4.69, 9.17) is 4.99 Å². The van der Waals surface area contributed by atoms with Crippen LogP contribution in [0, 0.1) is 5.82 Å². The van der Waals surface area contributed by atoms with E-state index in [0.717, 1.165) is 39.7 Å². The van der Waals surface area contributed by atoms with Crippen LogP contribution in [-0.4, -0.2) is 9.67 Å². The molecule has 2 heterocycles. The third-order valence-electron chi connectivity index (χ3n) is 6.40. The molecule has 1 unspecified atom stereocenters. The van der Waals surface area contributed by atoms with Crippen molar-refractivity contribution >= 4 is 55.0 Å². The van der Waals surface area contributed by atoms with Crippen molar-refractivity contribution in [3.8, 4) is 5.75 Å². The van der Waals surface area contributed by atoms with Crippen molar-refractivity contribution in [3.63, 3.8) is 0 Å². The van der Waals surface area contributed by atoms with Crippen molar-refractivity contribution in [2.45, 2.75) is 18.9 Å². The van der Waals surface area contributed by atoms with Crippen molar-refractivity contribution in [3.05, 3.63) is 123 Å². The molecule has 1 aliphatic carbocycles. The van der Waals surface area contributed by atoms with Gasteiger partial charge in [0.1, 0.15) is 11.6 Å². The quantitative estimate of drug-likeness (QED) is 0.317. The van der Waals surface area contributed by atoms with E-state index in [0.29, 0.717) is 19.4 Å². The highest BCUT2D eigenvalue weighted by molar-refractivity contribution is 9.11. The molecule has 0 saturated heterocycles. The van der Waals surface area contributed by atoms with E-state index in [1.807, 2.05) is 12.1 Å². The minimum atomic E-state index is -0.375. The van der Waals surface area contributed by atoms with Gasteiger partial charge in [-0.2, -0.15) is 0 Å². The second-order valence-corrected chi connectivity index (χ2v) is 11.3. The number of phenolic OH excluding ortho intramolecular Hbond substituents is 1. The second kappa shape index (κ2) is 8.69. The molecule has 0 fully saturated rings. The number of hydrogen-bond acceptors (Lipinski definition) is 4. The van der Waals surface area contributed by atoms with Crippen LogP contribution in [0.15, 0.2) is 85.0 Å². The summed E-state index contributed by atoms with van der Waals surface area (Å²) in [5.74, 6) is -0.262. The minimum absolute atomic E-state index is 0.0577. The predicted molar refractivity (Wildman–Crippen MR) is 143 cm³/mol. The maximum atomic E-state index is 13.8. The summed E-state index contributed by atoms with van der Waals surface area (Å²) >= 11 is 8.08. The highest BCUT2D eigenvalue weighted by Crippen LogP contribution is 2.41. The van der Waals surface area contributed by atoms with Crippen molar-refractivity contribution in [1.29, 1.82) is 0 Å². The molecule has 2 aliphatic rings. The molecule has 0 radical (unpaired) electrons. The molecule has 1 N–H and O–H groups in total. The van der Waals surface area contributed by atoms with E-state index in [1.165, 1.54) is 29.0 Å². The Morgan fingerprint density at radius 1 is 1.09 bits per heavy atom. The van der Waals surface area contributed by atoms with Crippen LogP contribution in [0.25, 0.3) is 11.8 Å². The van der Waals surface area contributed by atoms with Gasteiger partial charge < -0.3 is 5.11 Å². The number of aromatic nitrogens is 1. The third-order valence-corrected chi connectivity index (χ3v) is 8.45. The first-order valence-corrected chi connectivity index (χ1v) is 13.4. The molecular formula is C27H17Br2FN2O2S. The first-order chi connectivity index (χ1) is 16.9. The summed E-state index contributed by atoms with van der Waals surface area (Å²) in [5.41, 5.74) is 5.43. The number of nitrogens with zero attached hydrogens (tertiary/aromatic N) is 2. The largest absolute Gasteiger partial charge is 0.506 e. The fraction of sp³-hybridized carbons (Fsp3) is 0.111. The highest BCUT2D eigenvalue weighted by Gasteiger charge is 2.32. The topological polar surface area (TPSA) is 54.6 Å². The average Bonchev–Trinajstić information content (AvgIpc) is 3.16. The molecule has 0 amide bonds. The summed E-state index contributed by atoms with van der Waals surface area (Å²) in [4.78, 5) is 19.3. The fourth-order valence-corrected chi connectivity index (χ4v) is 7.05. The molecule has 6 rings (SSSR count). The van der Waals surface area contributed by atoms with E-state index < -0.39 is 0 Å². The number of thiazole rings is 1. The molecule has 8 heteroatoms. The van der Waals surface area contributed by atoms with Gasteiger partial charge in [0.15, 0.2) is 4.80 Å². The van der Waals surface area contributed by atoms with Gasteiger partial charge in [-0.3, -0.25) is 9.36 Å². The standard InChI is InChI=1S/C27H17Br2FN2O2S/c28-17-11-16(25(33)21(29)13-17)12-22-26(34)32-24(15-5-8-18(30)9-6-15)20-10-7-14-3-1-2-4-19(14)23(20)31-27(32)35-22/h1-6,8-9,11-13,24,33H,7,10H2. The first kappa shape index (κ1) is 22.6. The van der Waals surface area contributed by atoms with Crippen LogP contribution >= 0.6 is 43.2 Å². The molecule has 0 saturated carbocycles. The Kier molecular flexibility index (Phi) is 5.62. The van der Waals surface area contributed by atoms with Gasteiger partial charge in [-0.1, -0.05) is 63.7 Å². The number of halogens is 3. The SMILES string of the molecule is O=c1c(=Cc2cc(Br)cc(Br)c2O)sc2n1C(c1ccc(F)cc1)C1=C(N=2)c2ccccc2CC1. The minimum Gasteiger partial charge on any atom is -0.506 e. The van der Waals surface area contributed by atoms with Crippen LogP contribution in [0.2, 0.25) is 0 Å². The summed E-state index contributed by atoms with van der Waals surface area (Å²) in [6.07, 6.45) is 3.31. The Balaban J connectivity index is 1.64. The number of phenols is 1. The smallest absolute Gasteiger partial charge is 0.271 e. The van der Waals surface area contributed by atoms with Gasteiger partial charge in [-0.25, -0.2) is 9.38 Å².